The molecule has 0 fully saturated rings. The van der Waals surface area contributed by atoms with Crippen LogP contribution in [0.3, 0.4) is 0 Å². The molecule has 0 radical (unpaired) electrons. The first-order chi connectivity index (χ1) is 14.9. The van der Waals surface area contributed by atoms with E-state index < -0.39 is 5.25 Å². The topological polar surface area (TPSA) is 92.3 Å². The van der Waals surface area contributed by atoms with E-state index in [0.29, 0.717) is 35.7 Å². The van der Waals surface area contributed by atoms with Crippen LogP contribution in [0.1, 0.15) is 36.0 Å². The minimum atomic E-state index is -0.474. The van der Waals surface area contributed by atoms with Crippen LogP contribution in [0, 0.1) is 24.0 Å². The molecule has 0 aliphatic heterocycles. The molecule has 8 nitrogen and oxygen atoms in total. The van der Waals surface area contributed by atoms with Gasteiger partial charge in [0.2, 0.25) is 6.54 Å². The average Bonchev–Trinajstić information content (AvgIpc) is 3.09. The molecule has 0 aliphatic rings. The fourth-order valence-corrected chi connectivity index (χ4v) is 4.32. The van der Waals surface area contributed by atoms with Crippen molar-refractivity contribution < 1.29 is 14.4 Å². The third-order valence-electron chi connectivity index (χ3n) is 4.59. The summed E-state index contributed by atoms with van der Waals surface area (Å²) in [4.78, 5) is 11.1. The Labute approximate surface area is 185 Å². The second kappa shape index (κ2) is 10.3. The van der Waals surface area contributed by atoms with Gasteiger partial charge >= 0.3 is 0 Å². The SMILES string of the molecule is CCOc1ccc([C@@H](C[N+](=O)[O-])Sc2nnc(C)n2-c2ccc(C)cc2)cc1OCC. The maximum absolute atomic E-state index is 11.4. The second-order valence-electron chi connectivity index (χ2n) is 6.89. The zero-order valence-corrected chi connectivity index (χ0v) is 18.9. The first-order valence-corrected chi connectivity index (χ1v) is 11.0. The maximum Gasteiger partial charge on any atom is 0.220 e. The van der Waals surface area contributed by atoms with E-state index in [9.17, 15) is 10.1 Å². The molecule has 0 saturated heterocycles. The molecular weight excluding hydrogens is 416 g/mol. The Bertz CT molecular complexity index is 1040. The summed E-state index contributed by atoms with van der Waals surface area (Å²) in [5, 5.41) is 20.1. The van der Waals surface area contributed by atoms with Crippen molar-refractivity contribution >= 4 is 11.8 Å². The molecule has 3 aromatic rings. The van der Waals surface area contributed by atoms with Crippen molar-refractivity contribution in [3.8, 4) is 17.2 Å². The van der Waals surface area contributed by atoms with E-state index in [1.165, 1.54) is 11.8 Å². The van der Waals surface area contributed by atoms with Crippen LogP contribution in [0.4, 0.5) is 0 Å². The first-order valence-electron chi connectivity index (χ1n) is 10.1. The predicted molar refractivity (Wildman–Crippen MR) is 120 cm³/mol. The number of nitrogens with zero attached hydrogens (tertiary/aromatic N) is 4. The van der Waals surface area contributed by atoms with Crippen LogP contribution in [-0.4, -0.2) is 39.4 Å². The molecule has 0 aliphatic carbocycles. The summed E-state index contributed by atoms with van der Waals surface area (Å²) in [6.07, 6.45) is 0. The van der Waals surface area contributed by atoms with Gasteiger partial charge in [0.25, 0.3) is 0 Å². The number of aryl methyl sites for hydroxylation is 2. The molecule has 0 saturated carbocycles. The van der Waals surface area contributed by atoms with E-state index in [2.05, 4.69) is 10.2 Å². The summed E-state index contributed by atoms with van der Waals surface area (Å²) in [5.74, 6) is 1.91. The Kier molecular flexibility index (Phi) is 7.51. The minimum Gasteiger partial charge on any atom is -0.490 e. The molecule has 9 heteroatoms. The van der Waals surface area contributed by atoms with Crippen LogP contribution >= 0.6 is 11.8 Å². The number of rotatable bonds is 10. The molecule has 3 rings (SSSR count). The van der Waals surface area contributed by atoms with Crippen molar-refractivity contribution in [1.29, 1.82) is 0 Å². The number of hydrogen-bond acceptors (Lipinski definition) is 7. The molecule has 0 unspecified atom stereocenters. The molecule has 1 heterocycles. The van der Waals surface area contributed by atoms with Gasteiger partial charge in [0.1, 0.15) is 11.1 Å². The summed E-state index contributed by atoms with van der Waals surface area (Å²) < 4.78 is 13.2. The third kappa shape index (κ3) is 5.55. The summed E-state index contributed by atoms with van der Waals surface area (Å²) in [6.45, 7) is 8.39. The van der Waals surface area contributed by atoms with Crippen LogP contribution in [0.25, 0.3) is 5.69 Å². The van der Waals surface area contributed by atoms with Crippen LogP contribution in [-0.2, 0) is 0 Å². The monoisotopic (exact) mass is 442 g/mol. The summed E-state index contributed by atoms with van der Waals surface area (Å²) in [6, 6.07) is 13.5. The highest BCUT2D eigenvalue weighted by molar-refractivity contribution is 7.99. The third-order valence-corrected chi connectivity index (χ3v) is 5.77. The number of aromatic nitrogens is 3. The van der Waals surface area contributed by atoms with Crippen molar-refractivity contribution in [2.75, 3.05) is 19.8 Å². The van der Waals surface area contributed by atoms with Crippen molar-refractivity contribution in [2.45, 2.75) is 38.1 Å². The highest BCUT2D eigenvalue weighted by atomic mass is 32.2. The van der Waals surface area contributed by atoms with E-state index in [4.69, 9.17) is 9.47 Å². The molecule has 164 valence electrons. The largest absolute Gasteiger partial charge is 0.490 e. The molecule has 2 aromatic carbocycles. The number of ether oxygens (including phenoxy) is 2. The summed E-state index contributed by atoms with van der Waals surface area (Å²) in [5.41, 5.74) is 2.83. The van der Waals surface area contributed by atoms with Gasteiger partial charge < -0.3 is 9.47 Å². The highest BCUT2D eigenvalue weighted by Crippen LogP contribution is 2.39. The molecular formula is C22H26N4O4S. The predicted octanol–water partition coefficient (Wildman–Crippen LogP) is 4.79. The van der Waals surface area contributed by atoms with Crippen molar-refractivity contribution in [3.63, 3.8) is 0 Å². The molecule has 1 atom stereocenters. The van der Waals surface area contributed by atoms with Crippen molar-refractivity contribution in [2.24, 2.45) is 0 Å². The Balaban J connectivity index is 1.97. The lowest BCUT2D eigenvalue weighted by molar-refractivity contribution is -0.479. The Morgan fingerprint density at radius 1 is 1.03 bits per heavy atom. The fourth-order valence-electron chi connectivity index (χ4n) is 3.15. The lowest BCUT2D eigenvalue weighted by atomic mass is 10.1. The molecule has 31 heavy (non-hydrogen) atoms. The Morgan fingerprint density at radius 3 is 2.35 bits per heavy atom. The van der Waals surface area contributed by atoms with E-state index in [-0.39, 0.29) is 11.5 Å². The van der Waals surface area contributed by atoms with Crippen molar-refractivity contribution in [3.05, 3.63) is 69.5 Å². The first kappa shape index (κ1) is 22.6. The summed E-state index contributed by atoms with van der Waals surface area (Å²) >= 11 is 1.31. The van der Waals surface area contributed by atoms with Crippen LogP contribution < -0.4 is 9.47 Å². The Hall–Kier alpha value is -3.07. The van der Waals surface area contributed by atoms with Gasteiger partial charge in [-0.15, -0.1) is 10.2 Å². The smallest absolute Gasteiger partial charge is 0.220 e. The zero-order valence-electron chi connectivity index (χ0n) is 18.1. The molecule has 0 spiro atoms. The molecule has 0 amide bonds. The van der Waals surface area contributed by atoms with Gasteiger partial charge in [-0.1, -0.05) is 35.5 Å². The number of thioether (sulfide) groups is 1. The number of nitro groups is 1. The van der Waals surface area contributed by atoms with Gasteiger partial charge in [0.05, 0.1) is 13.2 Å². The molecule has 0 N–H and O–H groups in total. The van der Waals surface area contributed by atoms with E-state index in [1.807, 2.05) is 68.7 Å². The van der Waals surface area contributed by atoms with Gasteiger partial charge in [-0.2, -0.15) is 0 Å². The van der Waals surface area contributed by atoms with Gasteiger partial charge in [-0.05, 0) is 57.5 Å². The molecule has 1 aromatic heterocycles. The van der Waals surface area contributed by atoms with E-state index in [0.717, 1.165) is 16.8 Å². The lowest BCUT2D eigenvalue weighted by Gasteiger charge is -2.17. The maximum atomic E-state index is 11.4. The molecule has 0 bridgehead atoms. The standard InChI is InChI=1S/C22H26N4O4S/c1-5-29-19-12-9-17(13-20(19)30-6-2)21(14-25(27)28)31-22-24-23-16(4)26(22)18-10-7-15(3)8-11-18/h7-13,21H,5-6,14H2,1-4H3/t21-/m1/s1. The highest BCUT2D eigenvalue weighted by Gasteiger charge is 2.25. The number of benzene rings is 2. The van der Waals surface area contributed by atoms with Crippen LogP contribution in [0.2, 0.25) is 0 Å². The lowest BCUT2D eigenvalue weighted by Crippen LogP contribution is -2.11. The van der Waals surface area contributed by atoms with Crippen molar-refractivity contribution in [1.82, 2.24) is 14.8 Å². The zero-order chi connectivity index (χ0) is 22.4. The van der Waals surface area contributed by atoms with Crippen LogP contribution in [0.15, 0.2) is 47.6 Å². The van der Waals surface area contributed by atoms with Gasteiger partial charge in [0.15, 0.2) is 16.7 Å². The van der Waals surface area contributed by atoms with E-state index in [1.54, 1.807) is 6.07 Å². The number of hydrogen-bond donors (Lipinski definition) is 0. The normalized spacial score (nSPS) is 11.9. The second-order valence-corrected chi connectivity index (χ2v) is 8.06. The Morgan fingerprint density at radius 2 is 1.71 bits per heavy atom. The quantitative estimate of drug-likeness (QED) is 0.253. The van der Waals surface area contributed by atoms with Gasteiger partial charge in [-0.25, -0.2) is 0 Å². The minimum absolute atomic E-state index is 0.260. The van der Waals surface area contributed by atoms with Crippen LogP contribution in [0.5, 0.6) is 11.5 Å². The van der Waals surface area contributed by atoms with E-state index >= 15 is 0 Å². The van der Waals surface area contributed by atoms with Gasteiger partial charge in [-0.3, -0.25) is 14.7 Å². The fraction of sp³-hybridized carbons (Fsp3) is 0.364. The summed E-state index contributed by atoms with van der Waals surface area (Å²) in [7, 11) is 0. The average molecular weight is 443 g/mol. The van der Waals surface area contributed by atoms with Gasteiger partial charge in [0, 0.05) is 10.6 Å².